The molecule has 0 rings (SSSR count). The molecule has 1 heteroatoms. The van der Waals surface area contributed by atoms with Crippen molar-refractivity contribution in [2.75, 3.05) is 4.43 Å². The van der Waals surface area contributed by atoms with Crippen molar-refractivity contribution < 1.29 is 4.11 Å². The molecule has 0 aliphatic rings. The van der Waals surface area contributed by atoms with Crippen molar-refractivity contribution in [1.82, 2.24) is 0 Å². The fourth-order valence-electron chi connectivity index (χ4n) is 0.109. The second-order valence-electron chi connectivity index (χ2n) is 1.26. The maximum absolute atomic E-state index is 7.02. The zero-order chi connectivity index (χ0) is 7.49. The van der Waals surface area contributed by atoms with Crippen LogP contribution < -0.4 is 0 Å². The minimum absolute atomic E-state index is 0.113. The molecule has 0 aromatic heterocycles. The summed E-state index contributed by atoms with van der Waals surface area (Å²) in [5, 5.41) is 0. The molecule has 0 bridgehead atoms. The summed E-state index contributed by atoms with van der Waals surface area (Å²) in [6.45, 7) is 0.172. The molecule has 0 N–H and O–H groups in total. The van der Waals surface area contributed by atoms with Crippen molar-refractivity contribution >= 4 is 22.6 Å². The van der Waals surface area contributed by atoms with Crippen LogP contribution in [0, 0.1) is 5.92 Å². The van der Waals surface area contributed by atoms with Gasteiger partial charge in [0.25, 0.3) is 0 Å². The van der Waals surface area contributed by atoms with Crippen LogP contribution in [0.3, 0.4) is 0 Å². The second-order valence-corrected chi connectivity index (χ2v) is 2.14. The summed E-state index contributed by atoms with van der Waals surface area (Å²) < 4.78 is 21.8. The monoisotopic (exact) mass is 201 g/mol. The van der Waals surface area contributed by atoms with Crippen LogP contribution >= 0.6 is 22.6 Å². The fourth-order valence-corrected chi connectivity index (χ4v) is 0.732. The Labute approximate surface area is 57.7 Å². The number of hydrogen-bond donors (Lipinski definition) is 0. The zero-order valence-electron chi connectivity index (χ0n) is 6.87. The molecular weight excluding hydrogens is 187 g/mol. The van der Waals surface area contributed by atoms with E-state index < -0.39 is 6.85 Å². The predicted molar refractivity (Wildman–Crippen MR) is 38.3 cm³/mol. The van der Waals surface area contributed by atoms with Crippen LogP contribution in [0.15, 0.2) is 0 Å². The molecule has 0 spiro atoms. The Bertz CT molecular complexity index is 74.8. The minimum atomic E-state index is -1.74. The number of rotatable bonds is 2. The van der Waals surface area contributed by atoms with E-state index in [9.17, 15) is 0 Å². The first kappa shape index (κ1) is 2.90. The van der Waals surface area contributed by atoms with Crippen molar-refractivity contribution in [3.05, 3.63) is 0 Å². The third-order valence-electron chi connectivity index (χ3n) is 0.679. The highest BCUT2D eigenvalue weighted by Crippen LogP contribution is 2.02. The first-order valence-corrected chi connectivity index (χ1v) is 3.61. The molecule has 0 aromatic carbocycles. The summed E-state index contributed by atoms with van der Waals surface area (Å²) in [6, 6.07) is 0. The van der Waals surface area contributed by atoms with E-state index in [4.69, 9.17) is 4.11 Å². The highest BCUT2D eigenvalue weighted by molar-refractivity contribution is 14.1. The van der Waals surface area contributed by atoms with E-state index in [0.29, 0.717) is 0 Å². The minimum Gasteiger partial charge on any atom is -0.0861 e. The molecule has 0 nitrogen and oxygen atoms in total. The smallest absolute Gasteiger partial charge is 0.0233 e. The summed E-state index contributed by atoms with van der Waals surface area (Å²) in [5.74, 6) is -0.113. The van der Waals surface area contributed by atoms with E-state index in [0.717, 1.165) is 10.8 Å². The van der Waals surface area contributed by atoms with Gasteiger partial charge in [0.2, 0.25) is 0 Å². The van der Waals surface area contributed by atoms with E-state index in [1.807, 2.05) is 6.92 Å². The van der Waals surface area contributed by atoms with E-state index in [1.54, 1.807) is 0 Å². The Morgan fingerprint density at radius 1 is 2.00 bits per heavy atom. The van der Waals surface area contributed by atoms with Gasteiger partial charge in [-0.2, -0.15) is 0 Å². The summed E-state index contributed by atoms with van der Waals surface area (Å²) in [4.78, 5) is 0. The lowest BCUT2D eigenvalue weighted by molar-refractivity contribution is 0.646. The predicted octanol–water partition coefficient (Wildman–Crippen LogP) is 2.47. The summed E-state index contributed by atoms with van der Waals surface area (Å²) in [7, 11) is 0. The standard InChI is InChI=1S/C5H11I/c1-3-5(2)4-6/h5H,3-4H2,1-2H3/i2D3. The van der Waals surface area contributed by atoms with Gasteiger partial charge in [0, 0.05) is 8.54 Å². The number of halogens is 1. The first-order valence-electron chi connectivity index (χ1n) is 3.58. The molecule has 38 valence electrons. The summed E-state index contributed by atoms with van der Waals surface area (Å²) in [6.07, 6.45) is 0.749. The van der Waals surface area contributed by atoms with E-state index >= 15 is 0 Å². The average molecular weight is 201 g/mol. The largest absolute Gasteiger partial charge is 0.0861 e. The molecule has 0 amide bonds. The molecule has 0 aliphatic heterocycles. The molecule has 0 saturated carbocycles. The highest BCUT2D eigenvalue weighted by atomic mass is 127. The van der Waals surface area contributed by atoms with Crippen LogP contribution in [-0.2, 0) is 0 Å². The molecule has 6 heavy (non-hydrogen) atoms. The van der Waals surface area contributed by atoms with Gasteiger partial charge in [0.1, 0.15) is 0 Å². The van der Waals surface area contributed by atoms with E-state index in [1.165, 1.54) is 0 Å². The second kappa shape index (κ2) is 3.90. The zero-order valence-corrected chi connectivity index (χ0v) is 6.03. The molecule has 0 fully saturated rings. The van der Waals surface area contributed by atoms with E-state index in [-0.39, 0.29) is 5.92 Å². The van der Waals surface area contributed by atoms with Crippen molar-refractivity contribution in [1.29, 1.82) is 0 Å². The van der Waals surface area contributed by atoms with Gasteiger partial charge in [-0.3, -0.25) is 0 Å². The lowest BCUT2D eigenvalue weighted by Gasteiger charge is -1.97. The third kappa shape index (κ3) is 2.94. The summed E-state index contributed by atoms with van der Waals surface area (Å²) in [5.41, 5.74) is 0. The topological polar surface area (TPSA) is 0 Å². The van der Waals surface area contributed by atoms with Crippen LogP contribution in [0.25, 0.3) is 0 Å². The van der Waals surface area contributed by atoms with Gasteiger partial charge in [0.05, 0.1) is 0 Å². The van der Waals surface area contributed by atoms with Crippen LogP contribution in [0.2, 0.25) is 0 Å². The SMILES string of the molecule is [2H]C([2H])([2H])C(CC)CI. The quantitative estimate of drug-likeness (QED) is 0.475. The number of alkyl halides is 1. The first-order chi connectivity index (χ1) is 4.02. The van der Waals surface area contributed by atoms with Gasteiger partial charge in [-0.1, -0.05) is 42.8 Å². The number of hydrogen-bond acceptors (Lipinski definition) is 0. The van der Waals surface area contributed by atoms with Gasteiger partial charge in [0.15, 0.2) is 0 Å². The van der Waals surface area contributed by atoms with Crippen molar-refractivity contribution in [3.63, 3.8) is 0 Å². The molecule has 1 unspecified atom stereocenters. The highest BCUT2D eigenvalue weighted by Gasteiger charge is 1.90. The molecule has 0 saturated heterocycles. The molecule has 0 heterocycles. The van der Waals surface area contributed by atoms with Crippen molar-refractivity contribution in [3.8, 4) is 0 Å². The summed E-state index contributed by atoms with van der Waals surface area (Å²) >= 11 is 2.11. The van der Waals surface area contributed by atoms with Gasteiger partial charge < -0.3 is 0 Å². The Balaban J connectivity index is 3.79. The maximum atomic E-state index is 7.02. The van der Waals surface area contributed by atoms with E-state index in [2.05, 4.69) is 22.6 Å². The maximum Gasteiger partial charge on any atom is 0.0233 e. The lowest BCUT2D eigenvalue weighted by Crippen LogP contribution is -1.89. The Kier molecular flexibility index (Phi) is 1.89. The van der Waals surface area contributed by atoms with Gasteiger partial charge in [-0.25, -0.2) is 0 Å². The lowest BCUT2D eigenvalue weighted by atomic mass is 10.2. The molecule has 0 aromatic rings. The van der Waals surface area contributed by atoms with Crippen molar-refractivity contribution in [2.45, 2.75) is 20.2 Å². The van der Waals surface area contributed by atoms with Crippen LogP contribution in [0.5, 0.6) is 0 Å². The molecular formula is C5H11I. The molecule has 0 radical (unpaired) electrons. The van der Waals surface area contributed by atoms with Crippen LogP contribution in [-0.4, -0.2) is 4.43 Å². The van der Waals surface area contributed by atoms with Gasteiger partial charge in [-0.05, 0) is 5.92 Å². The normalized spacial score (nSPS) is 24.0. The third-order valence-corrected chi connectivity index (χ3v) is 1.74. The van der Waals surface area contributed by atoms with Gasteiger partial charge in [-0.15, -0.1) is 0 Å². The Morgan fingerprint density at radius 2 is 2.67 bits per heavy atom. The Hall–Kier alpha value is 0.730. The molecule has 0 aliphatic carbocycles. The van der Waals surface area contributed by atoms with Crippen LogP contribution in [0.4, 0.5) is 0 Å². The van der Waals surface area contributed by atoms with Crippen LogP contribution in [0.1, 0.15) is 24.3 Å². The average Bonchev–Trinajstić information content (AvgIpc) is 1.65. The Morgan fingerprint density at radius 3 is 2.67 bits per heavy atom. The van der Waals surface area contributed by atoms with Gasteiger partial charge >= 0.3 is 0 Å². The molecule has 1 atom stereocenters. The fraction of sp³-hybridized carbons (Fsp3) is 1.00. The van der Waals surface area contributed by atoms with Crippen molar-refractivity contribution in [2.24, 2.45) is 5.92 Å².